The minimum Gasteiger partial charge on any atom is -0.453 e. The summed E-state index contributed by atoms with van der Waals surface area (Å²) < 4.78 is 5.60. The third kappa shape index (κ3) is 7.46. The summed E-state index contributed by atoms with van der Waals surface area (Å²) in [6, 6.07) is 8.11. The van der Waals surface area contributed by atoms with Gasteiger partial charge in [0.2, 0.25) is 0 Å². The molecule has 0 saturated heterocycles. The molecule has 1 aliphatic carbocycles. The molecule has 2 nitrogen and oxygen atoms in total. The van der Waals surface area contributed by atoms with Gasteiger partial charge in [0.1, 0.15) is 6.10 Å². The van der Waals surface area contributed by atoms with Crippen LogP contribution in [0.5, 0.6) is 0 Å². The van der Waals surface area contributed by atoms with Crippen molar-refractivity contribution in [1.29, 1.82) is 0 Å². The molecule has 1 aliphatic rings. The van der Waals surface area contributed by atoms with E-state index in [1.54, 1.807) is 0 Å². The molecule has 0 N–H and O–H groups in total. The standard InChI is InChI=1S/C23H34O2/c1-2-3-4-5-6-7-8-9-10-11-12-17-23(24)25-22-19-18-20-15-13-14-16-21(20)22/h13-16,18-19,22H,2-12,17H2,1H3. The Kier molecular flexibility index (Phi) is 9.40. The maximum atomic E-state index is 12.0. The second-order valence-corrected chi connectivity index (χ2v) is 7.18. The monoisotopic (exact) mass is 342 g/mol. The lowest BCUT2D eigenvalue weighted by Crippen LogP contribution is -2.08. The van der Waals surface area contributed by atoms with Crippen LogP contribution in [0.1, 0.15) is 101 Å². The Balaban J connectivity index is 1.45. The Morgan fingerprint density at radius 3 is 2.16 bits per heavy atom. The summed E-state index contributed by atoms with van der Waals surface area (Å²) >= 11 is 0. The van der Waals surface area contributed by atoms with Gasteiger partial charge in [-0.15, -0.1) is 0 Å². The summed E-state index contributed by atoms with van der Waals surface area (Å²) in [7, 11) is 0. The molecule has 0 saturated carbocycles. The number of rotatable bonds is 13. The van der Waals surface area contributed by atoms with E-state index in [9.17, 15) is 4.79 Å². The molecule has 1 unspecified atom stereocenters. The number of carbonyl (C=O) groups excluding carboxylic acids is 1. The van der Waals surface area contributed by atoms with Gasteiger partial charge in [-0.2, -0.15) is 0 Å². The molecule has 1 aromatic rings. The quantitative estimate of drug-likeness (QED) is 0.285. The van der Waals surface area contributed by atoms with Gasteiger partial charge >= 0.3 is 5.97 Å². The highest BCUT2D eigenvalue weighted by molar-refractivity contribution is 5.71. The first-order chi connectivity index (χ1) is 12.3. The SMILES string of the molecule is CCCCCCCCCCCCCC(=O)OC1C=Cc2ccccc21. The molecule has 0 bridgehead atoms. The van der Waals surface area contributed by atoms with Gasteiger partial charge < -0.3 is 4.74 Å². The van der Waals surface area contributed by atoms with Crippen LogP contribution < -0.4 is 0 Å². The lowest BCUT2D eigenvalue weighted by Gasteiger charge is -2.12. The zero-order valence-corrected chi connectivity index (χ0v) is 15.8. The van der Waals surface area contributed by atoms with E-state index >= 15 is 0 Å². The fourth-order valence-electron chi connectivity index (χ4n) is 3.45. The van der Waals surface area contributed by atoms with Crippen molar-refractivity contribution in [1.82, 2.24) is 0 Å². The Labute approximate surface area is 153 Å². The van der Waals surface area contributed by atoms with E-state index < -0.39 is 0 Å². The smallest absolute Gasteiger partial charge is 0.306 e. The van der Waals surface area contributed by atoms with E-state index in [0.29, 0.717) is 6.42 Å². The Morgan fingerprint density at radius 2 is 1.48 bits per heavy atom. The highest BCUT2D eigenvalue weighted by atomic mass is 16.5. The van der Waals surface area contributed by atoms with Crippen LogP contribution in [0.15, 0.2) is 30.3 Å². The minimum atomic E-state index is -0.184. The Bertz CT molecular complexity index is 533. The summed E-state index contributed by atoms with van der Waals surface area (Å²) in [5.74, 6) is -0.0673. The second-order valence-electron chi connectivity index (χ2n) is 7.18. The first kappa shape index (κ1) is 19.8. The van der Waals surface area contributed by atoms with Crippen LogP contribution in [-0.4, -0.2) is 5.97 Å². The number of hydrogen-bond acceptors (Lipinski definition) is 2. The lowest BCUT2D eigenvalue weighted by molar-refractivity contribution is -0.147. The summed E-state index contributed by atoms with van der Waals surface area (Å²) in [4.78, 5) is 12.0. The third-order valence-electron chi connectivity index (χ3n) is 5.00. The molecular weight excluding hydrogens is 308 g/mol. The number of fused-ring (bicyclic) bond motifs is 1. The van der Waals surface area contributed by atoms with Crippen molar-refractivity contribution in [3.05, 3.63) is 41.5 Å². The topological polar surface area (TPSA) is 26.3 Å². The van der Waals surface area contributed by atoms with Crippen molar-refractivity contribution in [3.63, 3.8) is 0 Å². The number of ether oxygens (including phenoxy) is 1. The molecule has 1 aromatic carbocycles. The van der Waals surface area contributed by atoms with Gasteiger partial charge in [0, 0.05) is 12.0 Å². The molecule has 1 atom stereocenters. The largest absolute Gasteiger partial charge is 0.453 e. The van der Waals surface area contributed by atoms with Crippen molar-refractivity contribution in [3.8, 4) is 0 Å². The van der Waals surface area contributed by atoms with Crippen LogP contribution in [0.25, 0.3) is 6.08 Å². The van der Waals surface area contributed by atoms with E-state index in [-0.39, 0.29) is 12.1 Å². The number of unbranched alkanes of at least 4 members (excludes halogenated alkanes) is 10. The van der Waals surface area contributed by atoms with Crippen LogP contribution >= 0.6 is 0 Å². The van der Waals surface area contributed by atoms with Gasteiger partial charge in [-0.3, -0.25) is 4.79 Å². The first-order valence-electron chi connectivity index (χ1n) is 10.3. The molecule has 0 radical (unpaired) electrons. The van der Waals surface area contributed by atoms with Crippen molar-refractivity contribution >= 4 is 12.0 Å². The zero-order chi connectivity index (χ0) is 17.7. The molecule has 0 aromatic heterocycles. The minimum absolute atomic E-state index is 0.0673. The Morgan fingerprint density at radius 1 is 0.880 bits per heavy atom. The van der Waals surface area contributed by atoms with Crippen molar-refractivity contribution in [2.24, 2.45) is 0 Å². The van der Waals surface area contributed by atoms with Gasteiger partial charge in [0.15, 0.2) is 0 Å². The summed E-state index contributed by atoms with van der Waals surface area (Å²) in [5, 5.41) is 0. The van der Waals surface area contributed by atoms with E-state index in [0.717, 1.165) is 24.0 Å². The molecule has 138 valence electrons. The maximum Gasteiger partial charge on any atom is 0.306 e. The Hall–Kier alpha value is -1.57. The zero-order valence-electron chi connectivity index (χ0n) is 15.8. The van der Waals surface area contributed by atoms with Crippen LogP contribution in [0.4, 0.5) is 0 Å². The van der Waals surface area contributed by atoms with Crippen molar-refractivity contribution in [2.45, 2.75) is 90.1 Å². The number of esters is 1. The fourth-order valence-corrected chi connectivity index (χ4v) is 3.45. The molecule has 0 aliphatic heterocycles. The van der Waals surface area contributed by atoms with E-state index in [2.05, 4.69) is 13.0 Å². The fraction of sp³-hybridized carbons (Fsp3) is 0.609. The number of hydrogen-bond donors (Lipinski definition) is 0. The summed E-state index contributed by atoms with van der Waals surface area (Å²) in [6.45, 7) is 2.26. The third-order valence-corrected chi connectivity index (χ3v) is 5.00. The molecule has 0 fully saturated rings. The van der Waals surface area contributed by atoms with Crippen molar-refractivity contribution < 1.29 is 9.53 Å². The van der Waals surface area contributed by atoms with Gasteiger partial charge in [-0.25, -0.2) is 0 Å². The average Bonchev–Trinajstić information content (AvgIpc) is 3.03. The highest BCUT2D eigenvalue weighted by Crippen LogP contribution is 2.31. The molecule has 0 heterocycles. The summed E-state index contributed by atoms with van der Waals surface area (Å²) in [6.07, 6.45) is 18.6. The van der Waals surface area contributed by atoms with Crippen molar-refractivity contribution in [2.75, 3.05) is 0 Å². The average molecular weight is 343 g/mol. The maximum absolute atomic E-state index is 12.0. The lowest BCUT2D eigenvalue weighted by atomic mass is 10.1. The first-order valence-corrected chi connectivity index (χ1v) is 10.3. The van der Waals surface area contributed by atoms with E-state index in [1.165, 1.54) is 57.8 Å². The van der Waals surface area contributed by atoms with Gasteiger partial charge in [-0.1, -0.05) is 101 Å². The summed E-state index contributed by atoms with van der Waals surface area (Å²) in [5.41, 5.74) is 2.27. The molecule has 0 spiro atoms. The van der Waals surface area contributed by atoms with E-state index in [1.807, 2.05) is 30.4 Å². The van der Waals surface area contributed by atoms with E-state index in [4.69, 9.17) is 4.74 Å². The van der Waals surface area contributed by atoms with Crippen LogP contribution in [-0.2, 0) is 9.53 Å². The van der Waals surface area contributed by atoms with Gasteiger partial charge in [-0.05, 0) is 18.1 Å². The predicted molar refractivity (Wildman–Crippen MR) is 105 cm³/mol. The normalized spacial score (nSPS) is 15.3. The van der Waals surface area contributed by atoms with Crippen LogP contribution in [0.2, 0.25) is 0 Å². The predicted octanol–water partition coefficient (Wildman–Crippen LogP) is 7.00. The molecular formula is C23H34O2. The van der Waals surface area contributed by atoms with Gasteiger partial charge in [0.25, 0.3) is 0 Å². The molecule has 0 amide bonds. The number of benzene rings is 1. The molecule has 2 rings (SSSR count). The second kappa shape index (κ2) is 11.9. The highest BCUT2D eigenvalue weighted by Gasteiger charge is 2.20. The molecule has 2 heteroatoms. The number of carbonyl (C=O) groups is 1. The van der Waals surface area contributed by atoms with Crippen LogP contribution in [0.3, 0.4) is 0 Å². The van der Waals surface area contributed by atoms with Crippen LogP contribution in [0, 0.1) is 0 Å². The molecule has 25 heavy (non-hydrogen) atoms. The van der Waals surface area contributed by atoms with Gasteiger partial charge in [0.05, 0.1) is 0 Å².